The van der Waals surface area contributed by atoms with Crippen LogP contribution in [0.5, 0.6) is 5.75 Å². The highest BCUT2D eigenvalue weighted by Gasteiger charge is 2.23. The molecule has 0 amide bonds. The van der Waals surface area contributed by atoms with Gasteiger partial charge in [-0.15, -0.1) is 5.10 Å². The summed E-state index contributed by atoms with van der Waals surface area (Å²) in [5.41, 5.74) is 2.59. The summed E-state index contributed by atoms with van der Waals surface area (Å²) in [6.45, 7) is 7.10. The summed E-state index contributed by atoms with van der Waals surface area (Å²) >= 11 is 12.2. The Morgan fingerprint density at radius 3 is 2.61 bits per heavy atom. The molecule has 1 fully saturated rings. The molecule has 0 spiro atoms. The molecule has 0 radical (unpaired) electrons. The Morgan fingerprint density at radius 1 is 1.03 bits per heavy atom. The lowest BCUT2D eigenvalue weighted by atomic mass is 10.1. The summed E-state index contributed by atoms with van der Waals surface area (Å²) < 4.78 is 18.9. The van der Waals surface area contributed by atoms with Crippen LogP contribution in [0, 0.1) is 0 Å². The van der Waals surface area contributed by atoms with Crippen LogP contribution in [-0.4, -0.2) is 45.2 Å². The number of benzene rings is 2. The van der Waals surface area contributed by atoms with Gasteiger partial charge in [0.25, 0.3) is 0 Å². The molecule has 2 atom stereocenters. The van der Waals surface area contributed by atoms with E-state index >= 15 is 0 Å². The van der Waals surface area contributed by atoms with Crippen molar-refractivity contribution in [2.45, 2.75) is 45.8 Å². The van der Waals surface area contributed by atoms with Crippen LogP contribution in [0.2, 0.25) is 10.0 Å². The Labute approximate surface area is 218 Å². The number of morpholine rings is 1. The van der Waals surface area contributed by atoms with E-state index in [1.807, 2.05) is 18.2 Å². The lowest BCUT2D eigenvalue weighted by molar-refractivity contribution is -0.0704. The number of fused-ring (bicyclic) bond motifs is 1. The van der Waals surface area contributed by atoms with Crippen LogP contribution in [0.25, 0.3) is 11.0 Å². The first-order valence-corrected chi connectivity index (χ1v) is 12.5. The predicted octanol–water partition coefficient (Wildman–Crippen LogP) is 4.93. The van der Waals surface area contributed by atoms with Crippen LogP contribution >= 0.6 is 23.2 Å². The van der Waals surface area contributed by atoms with Gasteiger partial charge in [-0.05, 0) is 49.2 Å². The van der Waals surface area contributed by atoms with Crippen molar-refractivity contribution < 1.29 is 13.9 Å². The minimum Gasteiger partial charge on any atom is -0.487 e. The molecule has 10 heteroatoms. The third-order valence-corrected chi connectivity index (χ3v) is 6.60. The van der Waals surface area contributed by atoms with Crippen LogP contribution in [0.15, 0.2) is 57.9 Å². The molecule has 1 aliphatic heterocycles. The number of hydrogen-bond acceptors (Lipinski definition) is 7. The fraction of sp³-hybridized carbons (Fsp3) is 0.346. The van der Waals surface area contributed by atoms with E-state index in [9.17, 15) is 4.79 Å². The molecule has 0 N–H and O–H groups in total. The minimum atomic E-state index is -0.382. The fourth-order valence-corrected chi connectivity index (χ4v) is 5.02. The van der Waals surface area contributed by atoms with E-state index in [0.717, 1.165) is 29.6 Å². The normalized spacial score (nSPS) is 18.6. The highest BCUT2D eigenvalue weighted by molar-refractivity contribution is 6.35. The van der Waals surface area contributed by atoms with E-state index in [1.54, 1.807) is 35.1 Å². The average Bonchev–Trinajstić information content (AvgIpc) is 3.26. The molecule has 0 aliphatic carbocycles. The van der Waals surface area contributed by atoms with Crippen LogP contribution in [0.4, 0.5) is 0 Å². The number of aromatic nitrogens is 3. The number of ether oxygens (including phenoxy) is 2. The first kappa shape index (κ1) is 24.8. The predicted molar refractivity (Wildman–Crippen MR) is 138 cm³/mol. The number of hydrogen-bond donors (Lipinski definition) is 0. The molecule has 0 bridgehead atoms. The van der Waals surface area contributed by atoms with Crippen molar-refractivity contribution in [1.82, 2.24) is 19.9 Å². The Morgan fingerprint density at radius 2 is 1.83 bits per heavy atom. The molecule has 4 aromatic rings. The third-order valence-electron chi connectivity index (χ3n) is 6.01. The summed E-state index contributed by atoms with van der Waals surface area (Å²) in [5.74, 6) is 0.576. The first-order valence-electron chi connectivity index (χ1n) is 11.7. The van der Waals surface area contributed by atoms with Crippen LogP contribution in [-0.2, 0) is 24.4 Å². The van der Waals surface area contributed by atoms with Gasteiger partial charge in [-0.1, -0.05) is 34.5 Å². The van der Waals surface area contributed by atoms with Crippen molar-refractivity contribution in [2.75, 3.05) is 13.1 Å². The lowest BCUT2D eigenvalue weighted by Crippen LogP contribution is -2.44. The van der Waals surface area contributed by atoms with Crippen molar-refractivity contribution in [3.63, 3.8) is 0 Å². The van der Waals surface area contributed by atoms with Crippen LogP contribution in [0.1, 0.15) is 30.7 Å². The maximum absolute atomic E-state index is 12.3. The second kappa shape index (κ2) is 10.6. The van der Waals surface area contributed by atoms with Gasteiger partial charge in [0.05, 0.1) is 24.9 Å². The van der Waals surface area contributed by atoms with Crippen LogP contribution < -0.4 is 10.4 Å². The van der Waals surface area contributed by atoms with Crippen molar-refractivity contribution in [3.8, 4) is 5.75 Å². The van der Waals surface area contributed by atoms with Gasteiger partial charge in [0.1, 0.15) is 23.6 Å². The quantitative estimate of drug-likeness (QED) is 0.314. The molecular formula is C26H26Cl2N4O4. The van der Waals surface area contributed by atoms with Crippen LogP contribution in [0.3, 0.4) is 0 Å². The Balaban J connectivity index is 1.27. The highest BCUT2D eigenvalue weighted by atomic mass is 35.5. The van der Waals surface area contributed by atoms with Gasteiger partial charge in [0.15, 0.2) is 0 Å². The Bertz CT molecular complexity index is 1430. The highest BCUT2D eigenvalue weighted by Crippen LogP contribution is 2.25. The zero-order chi connectivity index (χ0) is 25.2. The smallest absolute Gasteiger partial charge is 0.336 e. The van der Waals surface area contributed by atoms with Gasteiger partial charge in [0, 0.05) is 47.2 Å². The molecule has 0 saturated carbocycles. The summed E-state index contributed by atoms with van der Waals surface area (Å²) in [6, 6.07) is 12.4. The zero-order valence-electron chi connectivity index (χ0n) is 20.0. The molecule has 3 heterocycles. The molecule has 36 heavy (non-hydrogen) atoms. The van der Waals surface area contributed by atoms with E-state index in [-0.39, 0.29) is 24.4 Å². The second-order valence-corrected chi connectivity index (χ2v) is 9.98. The molecule has 2 unspecified atom stereocenters. The summed E-state index contributed by atoms with van der Waals surface area (Å²) in [6.07, 6.45) is 2.11. The summed E-state index contributed by atoms with van der Waals surface area (Å²) in [5, 5.41) is 10.4. The van der Waals surface area contributed by atoms with Gasteiger partial charge in [-0.3, -0.25) is 4.90 Å². The Hall–Kier alpha value is -2.91. The van der Waals surface area contributed by atoms with Gasteiger partial charge >= 0.3 is 5.63 Å². The largest absolute Gasteiger partial charge is 0.487 e. The topological polar surface area (TPSA) is 82.6 Å². The van der Waals surface area contributed by atoms with Crippen molar-refractivity contribution in [2.24, 2.45) is 0 Å². The van der Waals surface area contributed by atoms with E-state index in [0.29, 0.717) is 40.2 Å². The monoisotopic (exact) mass is 528 g/mol. The van der Waals surface area contributed by atoms with Crippen molar-refractivity contribution in [1.29, 1.82) is 0 Å². The van der Waals surface area contributed by atoms with Crippen molar-refractivity contribution in [3.05, 3.63) is 85.9 Å². The molecular weight excluding hydrogens is 503 g/mol. The SMILES string of the molecule is CC1CN(Cc2cc(=O)oc3cc(OCc4cn(Cc5ccc(Cl)cc5Cl)nn4)ccc23)CC(C)O1. The Kier molecular flexibility index (Phi) is 7.29. The number of rotatable bonds is 7. The molecule has 5 rings (SSSR count). The molecule has 1 aliphatic rings. The molecule has 2 aromatic carbocycles. The maximum atomic E-state index is 12.3. The standard InChI is InChI=1S/C26H26Cl2N4O4/c1-16-10-31(11-17(2)35-16)12-19-7-26(33)36-25-9-22(5-6-23(19)25)34-15-21-14-32(30-29-21)13-18-3-4-20(27)8-24(18)28/h3-9,14,16-17H,10-13,15H2,1-2H3. The van der Waals surface area contributed by atoms with E-state index in [2.05, 4.69) is 29.1 Å². The van der Waals surface area contributed by atoms with Crippen molar-refractivity contribution >= 4 is 34.2 Å². The van der Waals surface area contributed by atoms with E-state index < -0.39 is 0 Å². The zero-order valence-corrected chi connectivity index (χ0v) is 21.5. The first-order chi connectivity index (χ1) is 17.3. The lowest BCUT2D eigenvalue weighted by Gasteiger charge is -2.35. The molecule has 1 saturated heterocycles. The minimum absolute atomic E-state index is 0.154. The summed E-state index contributed by atoms with van der Waals surface area (Å²) in [7, 11) is 0. The number of halogens is 2. The molecule has 2 aromatic heterocycles. The van der Waals surface area contributed by atoms with Gasteiger partial charge in [0.2, 0.25) is 0 Å². The average molecular weight is 529 g/mol. The summed E-state index contributed by atoms with van der Waals surface area (Å²) in [4.78, 5) is 14.6. The van der Waals surface area contributed by atoms with Gasteiger partial charge < -0.3 is 13.9 Å². The van der Waals surface area contributed by atoms with E-state index in [1.165, 1.54) is 0 Å². The van der Waals surface area contributed by atoms with Gasteiger partial charge in [-0.2, -0.15) is 0 Å². The molecule has 188 valence electrons. The molecule has 8 nitrogen and oxygen atoms in total. The maximum Gasteiger partial charge on any atom is 0.336 e. The van der Waals surface area contributed by atoms with E-state index in [4.69, 9.17) is 37.1 Å². The second-order valence-electron chi connectivity index (χ2n) is 9.13. The number of nitrogens with zero attached hydrogens (tertiary/aromatic N) is 4. The third kappa shape index (κ3) is 5.90. The fourth-order valence-electron chi connectivity index (χ4n) is 4.55. The van der Waals surface area contributed by atoms with Gasteiger partial charge in [-0.25, -0.2) is 9.48 Å².